The van der Waals surface area contributed by atoms with Crippen LogP contribution in [0.2, 0.25) is 0 Å². The third-order valence-corrected chi connectivity index (χ3v) is 9.32. The highest BCUT2D eigenvalue weighted by molar-refractivity contribution is 5.99. The van der Waals surface area contributed by atoms with Crippen molar-refractivity contribution < 1.29 is 14.3 Å². The number of fused-ring (bicyclic) bond motifs is 4. The minimum Gasteiger partial charge on any atom is -0.374 e. The van der Waals surface area contributed by atoms with Crippen molar-refractivity contribution >= 4 is 35.0 Å². The molecule has 0 saturated carbocycles. The van der Waals surface area contributed by atoms with Crippen molar-refractivity contribution in [1.29, 1.82) is 0 Å². The first kappa shape index (κ1) is 26.6. The van der Waals surface area contributed by atoms with Crippen molar-refractivity contribution in [3.63, 3.8) is 0 Å². The van der Waals surface area contributed by atoms with Crippen molar-refractivity contribution in [2.24, 2.45) is 0 Å². The number of nitrogens with one attached hydrogen (secondary N) is 2. The average Bonchev–Trinajstić information content (AvgIpc) is 3.85. The molecule has 4 atom stereocenters. The lowest BCUT2D eigenvalue weighted by atomic mass is 10.2. The summed E-state index contributed by atoms with van der Waals surface area (Å²) in [4.78, 5) is 36.8. The van der Waals surface area contributed by atoms with E-state index in [4.69, 9.17) is 24.4 Å². The van der Waals surface area contributed by atoms with Gasteiger partial charge in [-0.25, -0.2) is 4.79 Å². The quantitative estimate of drug-likeness (QED) is 0.450. The Balaban J connectivity index is 0.958. The van der Waals surface area contributed by atoms with Crippen LogP contribution in [0, 0.1) is 0 Å². The summed E-state index contributed by atoms with van der Waals surface area (Å²) in [6.07, 6.45) is 2.52. The van der Waals surface area contributed by atoms with Gasteiger partial charge in [0.05, 0.1) is 37.5 Å². The lowest BCUT2D eigenvalue weighted by molar-refractivity contribution is 0.0980. The Morgan fingerprint density at radius 3 is 1.77 bits per heavy atom. The number of hydrogen-bond donors (Lipinski definition) is 2. The second-order valence-corrected chi connectivity index (χ2v) is 12.2. The van der Waals surface area contributed by atoms with Crippen LogP contribution in [-0.2, 0) is 9.47 Å². The Morgan fingerprint density at radius 2 is 1.28 bits per heavy atom. The first-order valence-electron chi connectivity index (χ1n) is 15.3. The lowest BCUT2D eigenvalue weighted by Crippen LogP contribution is -2.44. The summed E-state index contributed by atoms with van der Waals surface area (Å²) in [6, 6.07) is 16.0. The molecule has 224 valence electrons. The maximum atomic E-state index is 12.8. The van der Waals surface area contributed by atoms with Crippen LogP contribution in [0.4, 0.5) is 33.8 Å². The molecule has 12 nitrogen and oxygen atoms in total. The van der Waals surface area contributed by atoms with E-state index >= 15 is 0 Å². The van der Waals surface area contributed by atoms with Crippen LogP contribution in [0.25, 0.3) is 11.4 Å². The Kier molecular flexibility index (Phi) is 6.76. The molecule has 43 heavy (non-hydrogen) atoms. The van der Waals surface area contributed by atoms with E-state index in [0.717, 1.165) is 63.4 Å². The van der Waals surface area contributed by atoms with Gasteiger partial charge < -0.3 is 39.7 Å². The van der Waals surface area contributed by atoms with Gasteiger partial charge in [0.15, 0.2) is 5.82 Å². The van der Waals surface area contributed by atoms with Gasteiger partial charge in [-0.3, -0.25) is 0 Å². The molecule has 2 N–H and O–H groups in total. The molecule has 5 aliphatic heterocycles. The van der Waals surface area contributed by atoms with E-state index in [-0.39, 0.29) is 18.2 Å². The van der Waals surface area contributed by atoms with Gasteiger partial charge in [-0.1, -0.05) is 0 Å². The third-order valence-electron chi connectivity index (χ3n) is 9.32. The maximum Gasteiger partial charge on any atom is 0.323 e. The lowest BCUT2D eigenvalue weighted by Gasteiger charge is -2.34. The van der Waals surface area contributed by atoms with Gasteiger partial charge in [-0.2, -0.15) is 15.0 Å². The molecule has 2 amide bonds. The predicted octanol–water partition coefficient (Wildman–Crippen LogP) is 2.89. The summed E-state index contributed by atoms with van der Waals surface area (Å²) < 4.78 is 11.6. The Morgan fingerprint density at radius 1 is 0.744 bits per heavy atom. The number of urea groups is 1. The minimum absolute atomic E-state index is 0.247. The molecule has 4 bridgehead atoms. The summed E-state index contributed by atoms with van der Waals surface area (Å²) in [5.74, 6) is 2.04. The minimum atomic E-state index is -0.289. The molecule has 2 aromatic carbocycles. The molecule has 3 aromatic rings. The number of carbonyl (C=O) groups excluding carboxylic acids is 1. The van der Waals surface area contributed by atoms with Gasteiger partial charge in [0, 0.05) is 61.9 Å². The standard InChI is InChI=1S/C31H37N9O3/c1-37-10-12-38(13-11-37)23-8-6-22(7-9-23)33-31(41)32-21-4-2-20(3-5-21)28-34-29(39-16-26-14-24(39)18-42-26)36-30(35-28)40-17-27-15-25(40)19-43-27/h2-9,24-27H,10-19H2,1H3,(H2,32,33,41)/t24-,25?,26-,27?/m1/s1. The van der Waals surface area contributed by atoms with Crippen LogP contribution in [0.15, 0.2) is 48.5 Å². The van der Waals surface area contributed by atoms with Crippen LogP contribution in [0.1, 0.15) is 12.8 Å². The topological polar surface area (TPSA) is 111 Å². The van der Waals surface area contributed by atoms with Crippen molar-refractivity contribution in [1.82, 2.24) is 19.9 Å². The smallest absolute Gasteiger partial charge is 0.323 e. The zero-order valence-electron chi connectivity index (χ0n) is 24.4. The zero-order chi connectivity index (χ0) is 28.9. The SMILES string of the molecule is CN1CCN(c2ccc(NC(=O)Nc3ccc(-c4nc(N5CC6CC5CO6)nc(N5C[C@H]6C[C@@H]5CO6)n4)cc3)cc2)CC1. The second-order valence-electron chi connectivity index (χ2n) is 12.2. The van der Waals surface area contributed by atoms with Crippen molar-refractivity contribution in [3.05, 3.63) is 48.5 Å². The number of amides is 2. The first-order valence-corrected chi connectivity index (χ1v) is 15.3. The fraction of sp³-hybridized carbons (Fsp3) is 0.484. The van der Waals surface area contributed by atoms with Gasteiger partial charge in [0.2, 0.25) is 11.9 Å². The third kappa shape index (κ3) is 5.34. The summed E-state index contributed by atoms with van der Waals surface area (Å²) in [7, 11) is 2.15. The number of morpholine rings is 2. The Bertz CT molecular complexity index is 1430. The molecule has 6 heterocycles. The number of aromatic nitrogens is 3. The number of carbonyl (C=O) groups is 1. The molecule has 1 aromatic heterocycles. The van der Waals surface area contributed by atoms with Crippen LogP contribution in [0.5, 0.6) is 0 Å². The maximum absolute atomic E-state index is 12.8. The highest BCUT2D eigenvalue weighted by atomic mass is 16.5. The molecule has 5 fully saturated rings. The number of likely N-dealkylation sites (N-methyl/N-ethyl adjacent to an activating group) is 1. The number of benzene rings is 2. The monoisotopic (exact) mass is 583 g/mol. The van der Waals surface area contributed by atoms with Crippen molar-refractivity contribution in [2.75, 3.05) is 84.9 Å². The Labute approximate surface area is 251 Å². The van der Waals surface area contributed by atoms with Gasteiger partial charge in [-0.05, 0) is 68.4 Å². The molecule has 0 spiro atoms. The number of nitrogens with zero attached hydrogens (tertiary/aromatic N) is 7. The number of piperazine rings is 1. The van der Waals surface area contributed by atoms with E-state index in [1.165, 1.54) is 5.69 Å². The normalized spacial score (nSPS) is 26.4. The molecule has 5 aliphatic rings. The molecule has 2 unspecified atom stereocenters. The highest BCUT2D eigenvalue weighted by Crippen LogP contribution is 2.35. The molecular weight excluding hydrogens is 546 g/mol. The van der Waals surface area contributed by atoms with Crippen molar-refractivity contribution in [2.45, 2.75) is 37.1 Å². The van der Waals surface area contributed by atoms with Crippen LogP contribution in [-0.4, -0.2) is 110 Å². The van der Waals surface area contributed by atoms with E-state index < -0.39 is 0 Å². The molecule has 12 heteroatoms. The van der Waals surface area contributed by atoms with Crippen LogP contribution < -0.4 is 25.3 Å². The Hall–Kier alpha value is -4.00. The largest absolute Gasteiger partial charge is 0.374 e. The van der Waals surface area contributed by atoms with Gasteiger partial charge in [0.25, 0.3) is 0 Å². The van der Waals surface area contributed by atoms with E-state index in [2.05, 4.69) is 49.4 Å². The molecule has 0 radical (unpaired) electrons. The number of rotatable bonds is 6. The number of ether oxygens (including phenoxy) is 2. The predicted molar refractivity (Wildman–Crippen MR) is 165 cm³/mol. The van der Waals surface area contributed by atoms with Gasteiger partial charge in [0.1, 0.15) is 0 Å². The van der Waals surface area contributed by atoms with E-state index in [0.29, 0.717) is 48.7 Å². The molecule has 8 rings (SSSR count). The van der Waals surface area contributed by atoms with Crippen LogP contribution >= 0.6 is 0 Å². The average molecular weight is 584 g/mol. The van der Waals surface area contributed by atoms with E-state index in [1.807, 2.05) is 36.4 Å². The summed E-state index contributed by atoms with van der Waals surface area (Å²) >= 11 is 0. The zero-order valence-corrected chi connectivity index (χ0v) is 24.4. The highest BCUT2D eigenvalue weighted by Gasteiger charge is 2.43. The second kappa shape index (κ2) is 10.9. The summed E-state index contributed by atoms with van der Waals surface area (Å²) in [5, 5.41) is 5.87. The first-order chi connectivity index (χ1) is 21.0. The molecular formula is C31H37N9O3. The van der Waals surface area contributed by atoms with E-state index in [1.54, 1.807) is 0 Å². The van der Waals surface area contributed by atoms with E-state index in [9.17, 15) is 4.79 Å². The van der Waals surface area contributed by atoms with Crippen LogP contribution in [0.3, 0.4) is 0 Å². The number of hydrogen-bond acceptors (Lipinski definition) is 10. The van der Waals surface area contributed by atoms with Gasteiger partial charge >= 0.3 is 6.03 Å². The number of anilines is 5. The fourth-order valence-corrected chi connectivity index (χ4v) is 6.85. The molecule has 0 aliphatic carbocycles. The fourth-order valence-electron chi connectivity index (χ4n) is 6.85. The molecule has 5 saturated heterocycles. The summed E-state index contributed by atoms with van der Waals surface area (Å²) in [5.41, 5.74) is 3.49. The van der Waals surface area contributed by atoms with Gasteiger partial charge in [-0.15, -0.1) is 0 Å². The van der Waals surface area contributed by atoms with Crippen molar-refractivity contribution in [3.8, 4) is 11.4 Å². The summed E-state index contributed by atoms with van der Waals surface area (Å²) in [6.45, 7) is 7.17.